The molecule has 0 bridgehead atoms. The molecule has 0 aliphatic rings. The number of nitrogens with zero attached hydrogens (tertiary/aromatic N) is 1. The topological polar surface area (TPSA) is 98.7 Å². The van der Waals surface area contributed by atoms with Crippen LogP contribution in [-0.4, -0.2) is 31.2 Å². The van der Waals surface area contributed by atoms with E-state index < -0.39 is 4.92 Å². The molecule has 1 aromatic heterocycles. The number of nitro benzene ring substituents is 1. The summed E-state index contributed by atoms with van der Waals surface area (Å²) in [6.45, 7) is 0. The number of hydrogen-bond acceptors (Lipinski definition) is 6. The van der Waals surface area contributed by atoms with Crippen molar-refractivity contribution in [2.24, 2.45) is 0 Å². The summed E-state index contributed by atoms with van der Waals surface area (Å²) >= 11 is 0. The number of nitrogens with one attached hydrogen (secondary N) is 2. The van der Waals surface area contributed by atoms with Gasteiger partial charge in [0.05, 0.1) is 31.8 Å². The van der Waals surface area contributed by atoms with E-state index in [1.807, 2.05) is 42.5 Å². The first-order chi connectivity index (χ1) is 15.0. The molecule has 3 aromatic carbocycles. The van der Waals surface area contributed by atoms with Crippen LogP contribution < -0.4 is 19.5 Å². The zero-order valence-electron chi connectivity index (χ0n) is 17.3. The highest BCUT2D eigenvalue weighted by molar-refractivity contribution is 5.97. The van der Waals surface area contributed by atoms with E-state index in [4.69, 9.17) is 14.2 Å². The molecule has 8 heteroatoms. The summed E-state index contributed by atoms with van der Waals surface area (Å²) in [5, 5.41) is 15.5. The van der Waals surface area contributed by atoms with Crippen LogP contribution >= 0.6 is 0 Å². The molecule has 0 saturated carbocycles. The maximum Gasteiger partial charge on any atom is 0.270 e. The van der Waals surface area contributed by atoms with Crippen LogP contribution in [0.2, 0.25) is 0 Å². The van der Waals surface area contributed by atoms with E-state index in [1.54, 1.807) is 33.5 Å². The Morgan fingerprint density at radius 2 is 1.61 bits per heavy atom. The van der Waals surface area contributed by atoms with Crippen LogP contribution in [0.5, 0.6) is 17.2 Å². The molecule has 0 spiro atoms. The Hall–Kier alpha value is -4.20. The maximum atomic E-state index is 11.2. The van der Waals surface area contributed by atoms with Crippen molar-refractivity contribution in [1.82, 2.24) is 4.98 Å². The van der Waals surface area contributed by atoms with Crippen molar-refractivity contribution in [3.05, 3.63) is 70.8 Å². The molecule has 1 heterocycles. The van der Waals surface area contributed by atoms with Crippen molar-refractivity contribution >= 4 is 28.1 Å². The number of non-ortho nitro benzene ring substituents is 1. The molecule has 8 nitrogen and oxygen atoms in total. The number of benzene rings is 3. The van der Waals surface area contributed by atoms with Crippen LogP contribution in [-0.2, 0) is 0 Å². The number of anilines is 2. The largest absolute Gasteiger partial charge is 0.493 e. The number of hydrogen-bond donors (Lipinski definition) is 2. The molecule has 0 amide bonds. The number of ether oxygens (including phenoxy) is 3. The smallest absolute Gasteiger partial charge is 0.270 e. The van der Waals surface area contributed by atoms with Gasteiger partial charge in [-0.3, -0.25) is 10.1 Å². The van der Waals surface area contributed by atoms with E-state index in [1.165, 1.54) is 6.07 Å². The lowest BCUT2D eigenvalue weighted by Gasteiger charge is -2.14. The van der Waals surface area contributed by atoms with E-state index in [-0.39, 0.29) is 5.69 Å². The summed E-state index contributed by atoms with van der Waals surface area (Å²) in [5.74, 6) is 2.35. The van der Waals surface area contributed by atoms with Crippen LogP contribution in [0.4, 0.5) is 17.2 Å². The van der Waals surface area contributed by atoms with Gasteiger partial charge in [0.1, 0.15) is 5.82 Å². The summed E-state index contributed by atoms with van der Waals surface area (Å²) in [4.78, 5) is 14.1. The summed E-state index contributed by atoms with van der Waals surface area (Å²) in [5.41, 5.74) is 3.31. The van der Waals surface area contributed by atoms with Crippen LogP contribution in [0.1, 0.15) is 0 Å². The maximum absolute atomic E-state index is 11.2. The number of aromatic amines is 1. The average Bonchev–Trinajstić information content (AvgIpc) is 3.20. The van der Waals surface area contributed by atoms with E-state index in [0.29, 0.717) is 17.2 Å². The van der Waals surface area contributed by atoms with Gasteiger partial charge >= 0.3 is 0 Å². The lowest BCUT2D eigenvalue weighted by molar-refractivity contribution is -0.384. The Morgan fingerprint density at radius 1 is 0.903 bits per heavy atom. The first-order valence-corrected chi connectivity index (χ1v) is 9.47. The summed E-state index contributed by atoms with van der Waals surface area (Å²) in [6, 6.07) is 18.0. The standard InChI is InChI=1S/C23H21N3O5/c1-29-19-12-16(13-20(30-2)23(19)31-3)24-21-11-15-7-5-9-18(22(15)25-21)14-6-4-8-17(10-14)26(27)28/h4-13,24-25H,1-3H3. The second-order valence-corrected chi connectivity index (χ2v) is 6.80. The minimum Gasteiger partial charge on any atom is -0.493 e. The monoisotopic (exact) mass is 419 g/mol. The van der Waals surface area contributed by atoms with Crippen molar-refractivity contribution < 1.29 is 19.1 Å². The fourth-order valence-electron chi connectivity index (χ4n) is 3.56. The molecule has 4 aromatic rings. The van der Waals surface area contributed by atoms with Gasteiger partial charge in [-0.15, -0.1) is 0 Å². The zero-order valence-corrected chi connectivity index (χ0v) is 17.3. The van der Waals surface area contributed by atoms with Crippen molar-refractivity contribution in [2.75, 3.05) is 26.6 Å². The Bertz CT molecular complexity index is 1240. The number of para-hydroxylation sites is 1. The number of fused-ring (bicyclic) bond motifs is 1. The number of methoxy groups -OCH3 is 3. The molecule has 4 rings (SSSR count). The van der Waals surface area contributed by atoms with Gasteiger partial charge in [0.25, 0.3) is 5.69 Å². The van der Waals surface area contributed by atoms with E-state index in [2.05, 4.69) is 10.3 Å². The third-order valence-corrected chi connectivity index (χ3v) is 4.97. The molecule has 158 valence electrons. The van der Waals surface area contributed by atoms with Gasteiger partial charge in [0, 0.05) is 40.9 Å². The quantitative estimate of drug-likeness (QED) is 0.303. The SMILES string of the molecule is COc1cc(Nc2cc3cccc(-c4cccc([N+](=O)[O-])c4)c3[nH]2)cc(OC)c1OC. The van der Waals surface area contributed by atoms with E-state index in [0.717, 1.165) is 33.5 Å². The molecule has 0 atom stereocenters. The molecular weight excluding hydrogens is 398 g/mol. The number of H-pyrrole nitrogens is 1. The van der Waals surface area contributed by atoms with Crippen LogP contribution in [0, 0.1) is 10.1 Å². The average molecular weight is 419 g/mol. The Labute approximate surface area is 178 Å². The zero-order chi connectivity index (χ0) is 22.0. The van der Waals surface area contributed by atoms with Crippen molar-refractivity contribution in [2.45, 2.75) is 0 Å². The van der Waals surface area contributed by atoms with Gasteiger partial charge in [-0.25, -0.2) is 0 Å². The van der Waals surface area contributed by atoms with E-state index in [9.17, 15) is 10.1 Å². The van der Waals surface area contributed by atoms with Gasteiger partial charge in [-0.05, 0) is 11.6 Å². The Morgan fingerprint density at radius 3 is 2.26 bits per heavy atom. The van der Waals surface area contributed by atoms with Crippen LogP contribution in [0.25, 0.3) is 22.0 Å². The van der Waals surface area contributed by atoms with Crippen LogP contribution in [0.3, 0.4) is 0 Å². The number of nitro groups is 1. The van der Waals surface area contributed by atoms with Gasteiger partial charge < -0.3 is 24.5 Å². The molecular formula is C23H21N3O5. The molecule has 0 aliphatic carbocycles. The van der Waals surface area contributed by atoms with Crippen LogP contribution in [0.15, 0.2) is 60.7 Å². The molecule has 0 unspecified atom stereocenters. The highest BCUT2D eigenvalue weighted by Crippen LogP contribution is 2.41. The molecule has 0 saturated heterocycles. The van der Waals surface area contributed by atoms with Gasteiger partial charge in [-0.1, -0.05) is 30.3 Å². The van der Waals surface area contributed by atoms with Crippen molar-refractivity contribution in [3.63, 3.8) is 0 Å². The highest BCUT2D eigenvalue weighted by atomic mass is 16.6. The molecule has 2 N–H and O–H groups in total. The molecule has 31 heavy (non-hydrogen) atoms. The molecule has 0 aliphatic heterocycles. The van der Waals surface area contributed by atoms with Gasteiger partial charge in [0.15, 0.2) is 11.5 Å². The van der Waals surface area contributed by atoms with Gasteiger partial charge in [-0.2, -0.15) is 0 Å². The lowest BCUT2D eigenvalue weighted by Crippen LogP contribution is -1.98. The first kappa shape index (κ1) is 20.1. The second kappa shape index (κ2) is 8.27. The lowest BCUT2D eigenvalue weighted by atomic mass is 10.0. The predicted octanol–water partition coefficient (Wildman–Crippen LogP) is 5.51. The molecule has 0 fully saturated rings. The second-order valence-electron chi connectivity index (χ2n) is 6.80. The van der Waals surface area contributed by atoms with Crippen molar-refractivity contribution in [1.29, 1.82) is 0 Å². The summed E-state index contributed by atoms with van der Waals surface area (Å²) in [7, 11) is 4.69. The normalized spacial score (nSPS) is 10.7. The Kier molecular flexibility index (Phi) is 5.36. The fraction of sp³-hybridized carbons (Fsp3) is 0.130. The highest BCUT2D eigenvalue weighted by Gasteiger charge is 2.15. The first-order valence-electron chi connectivity index (χ1n) is 9.47. The summed E-state index contributed by atoms with van der Waals surface area (Å²) < 4.78 is 16.2. The third kappa shape index (κ3) is 3.83. The minimum absolute atomic E-state index is 0.0526. The number of rotatable bonds is 7. The predicted molar refractivity (Wildman–Crippen MR) is 120 cm³/mol. The molecule has 0 radical (unpaired) electrons. The van der Waals surface area contributed by atoms with Crippen molar-refractivity contribution in [3.8, 4) is 28.4 Å². The fourth-order valence-corrected chi connectivity index (χ4v) is 3.56. The Balaban J connectivity index is 1.74. The number of aromatic nitrogens is 1. The summed E-state index contributed by atoms with van der Waals surface area (Å²) in [6.07, 6.45) is 0. The minimum atomic E-state index is -0.393. The van der Waals surface area contributed by atoms with E-state index >= 15 is 0 Å². The van der Waals surface area contributed by atoms with Gasteiger partial charge in [0.2, 0.25) is 5.75 Å². The third-order valence-electron chi connectivity index (χ3n) is 4.97.